The van der Waals surface area contributed by atoms with E-state index in [1.807, 2.05) is 19.1 Å². The van der Waals surface area contributed by atoms with Crippen LogP contribution in [0.2, 0.25) is 0 Å². The van der Waals surface area contributed by atoms with E-state index in [9.17, 15) is 8.42 Å². The minimum atomic E-state index is -3.47. The molecule has 1 rings (SSSR count). The number of benzene rings is 1. The molecule has 1 aromatic carbocycles. The average Bonchev–Trinajstić information content (AvgIpc) is 2.33. The summed E-state index contributed by atoms with van der Waals surface area (Å²) in [4.78, 5) is 0. The molecule has 0 aliphatic heterocycles. The van der Waals surface area contributed by atoms with Gasteiger partial charge >= 0.3 is 0 Å². The van der Waals surface area contributed by atoms with Gasteiger partial charge in [0, 0.05) is 16.6 Å². The van der Waals surface area contributed by atoms with Gasteiger partial charge in [-0.3, -0.25) is 0 Å². The highest BCUT2D eigenvalue weighted by molar-refractivity contribution is 8.13. The highest BCUT2D eigenvalue weighted by Crippen LogP contribution is 2.18. The minimum absolute atomic E-state index is 0.0910. The monoisotopic (exact) mass is 306 g/mol. The molecule has 0 amide bonds. The summed E-state index contributed by atoms with van der Waals surface area (Å²) in [7, 11) is 1.71. The first kappa shape index (κ1) is 16.1. The van der Waals surface area contributed by atoms with Crippen LogP contribution in [0.25, 0.3) is 0 Å². The Morgan fingerprint density at radius 3 is 2.16 bits per heavy atom. The van der Waals surface area contributed by atoms with Crippen molar-refractivity contribution in [1.29, 1.82) is 0 Å². The Hall–Kier alpha value is -0.940. The van der Waals surface area contributed by atoms with Gasteiger partial charge in [-0.1, -0.05) is 13.8 Å². The van der Waals surface area contributed by atoms with Crippen molar-refractivity contribution < 1.29 is 17.9 Å². The Morgan fingerprint density at radius 2 is 1.68 bits per heavy atom. The molecular weight excluding hydrogens is 288 g/mol. The maximum absolute atomic E-state index is 10.9. The first-order valence-corrected chi connectivity index (χ1v) is 8.66. The lowest BCUT2D eigenvalue weighted by Crippen LogP contribution is -2.16. The second-order valence-corrected chi connectivity index (χ2v) is 7.26. The maximum Gasteiger partial charge on any atom is 0.232 e. The highest BCUT2D eigenvalue weighted by atomic mass is 35.7. The smallest absolute Gasteiger partial charge is 0.232 e. The topological polar surface area (TPSA) is 52.6 Å². The molecule has 0 bridgehead atoms. The Labute approximate surface area is 119 Å². The van der Waals surface area contributed by atoms with Gasteiger partial charge in [0.25, 0.3) is 0 Å². The Morgan fingerprint density at radius 1 is 1.16 bits per heavy atom. The zero-order chi connectivity index (χ0) is 14.3. The van der Waals surface area contributed by atoms with Gasteiger partial charge < -0.3 is 9.47 Å². The number of halogens is 1. The molecule has 6 heteroatoms. The molecule has 0 spiro atoms. The number of hydrogen-bond donors (Lipinski definition) is 0. The molecule has 0 aromatic heterocycles. The average molecular weight is 307 g/mol. The molecule has 0 aliphatic carbocycles. The van der Waals surface area contributed by atoms with Crippen LogP contribution < -0.4 is 9.47 Å². The summed E-state index contributed by atoms with van der Waals surface area (Å²) < 4.78 is 32.7. The zero-order valence-corrected chi connectivity index (χ0v) is 12.7. The Bertz CT molecular complexity index is 470. The lowest BCUT2D eigenvalue weighted by atomic mass is 10.2. The van der Waals surface area contributed by atoms with E-state index in [2.05, 4.69) is 0 Å². The summed E-state index contributed by atoms with van der Waals surface area (Å²) in [6.07, 6.45) is 0.961. The van der Waals surface area contributed by atoms with E-state index in [0.717, 1.165) is 12.2 Å². The largest absolute Gasteiger partial charge is 0.494 e. The van der Waals surface area contributed by atoms with Crippen molar-refractivity contribution >= 4 is 19.7 Å². The van der Waals surface area contributed by atoms with Crippen LogP contribution in [0.5, 0.6) is 11.5 Å². The van der Waals surface area contributed by atoms with Gasteiger partial charge in [-0.05, 0) is 30.7 Å². The number of hydrogen-bond acceptors (Lipinski definition) is 4. The molecule has 19 heavy (non-hydrogen) atoms. The van der Waals surface area contributed by atoms with E-state index in [-0.39, 0.29) is 11.7 Å². The van der Waals surface area contributed by atoms with E-state index in [4.69, 9.17) is 20.2 Å². The van der Waals surface area contributed by atoms with Crippen LogP contribution in [0.15, 0.2) is 24.3 Å². The van der Waals surface area contributed by atoms with Gasteiger partial charge in [0.2, 0.25) is 9.05 Å². The molecule has 4 nitrogen and oxygen atoms in total. The third-order valence-corrected chi connectivity index (χ3v) is 3.66. The summed E-state index contributed by atoms with van der Waals surface area (Å²) in [6, 6.07) is 7.25. The molecule has 1 aromatic rings. The van der Waals surface area contributed by atoms with Gasteiger partial charge in [0.05, 0.1) is 19.0 Å². The molecule has 1 unspecified atom stereocenters. The summed E-state index contributed by atoms with van der Waals surface area (Å²) in [6.45, 7) is 4.81. The van der Waals surface area contributed by atoms with Crippen LogP contribution in [-0.4, -0.2) is 27.4 Å². The second kappa shape index (κ2) is 7.60. The van der Waals surface area contributed by atoms with E-state index in [1.165, 1.54) is 0 Å². The second-order valence-electron chi connectivity index (χ2n) is 4.44. The van der Waals surface area contributed by atoms with Crippen LogP contribution in [0.1, 0.15) is 20.3 Å². The molecule has 0 heterocycles. The number of rotatable bonds is 8. The predicted molar refractivity (Wildman–Crippen MR) is 76.5 cm³/mol. The third-order valence-electron chi connectivity index (χ3n) is 2.31. The molecule has 0 aliphatic rings. The molecule has 0 saturated carbocycles. The standard InChI is InChI=1S/C13H19ClO4S/c1-3-8-17-12-4-6-13(7-5-12)18-9-11(2)10-19(14,15)16/h4-7,11H,3,8-10H2,1-2H3. The predicted octanol–water partition coefficient (Wildman–Crippen LogP) is 3.06. The first-order chi connectivity index (χ1) is 8.90. The van der Waals surface area contributed by atoms with Gasteiger partial charge in [0.15, 0.2) is 0 Å². The van der Waals surface area contributed by atoms with Crippen molar-refractivity contribution in [2.45, 2.75) is 20.3 Å². The van der Waals surface area contributed by atoms with E-state index in [0.29, 0.717) is 19.0 Å². The highest BCUT2D eigenvalue weighted by Gasteiger charge is 2.13. The van der Waals surface area contributed by atoms with Gasteiger partial charge in [0.1, 0.15) is 11.5 Å². The lowest BCUT2D eigenvalue weighted by Gasteiger charge is -2.12. The molecule has 108 valence electrons. The zero-order valence-electron chi connectivity index (χ0n) is 11.1. The molecule has 0 radical (unpaired) electrons. The minimum Gasteiger partial charge on any atom is -0.494 e. The third kappa shape index (κ3) is 7.28. The first-order valence-electron chi connectivity index (χ1n) is 6.18. The fraction of sp³-hybridized carbons (Fsp3) is 0.538. The van der Waals surface area contributed by atoms with Crippen molar-refractivity contribution in [2.24, 2.45) is 5.92 Å². The summed E-state index contributed by atoms with van der Waals surface area (Å²) in [5.41, 5.74) is 0. The van der Waals surface area contributed by atoms with Crippen LogP contribution in [0.3, 0.4) is 0 Å². The molecule has 1 atom stereocenters. The quantitative estimate of drug-likeness (QED) is 0.693. The summed E-state index contributed by atoms with van der Waals surface area (Å²) in [5.74, 6) is 1.23. The summed E-state index contributed by atoms with van der Waals surface area (Å²) >= 11 is 0. The van der Waals surface area contributed by atoms with Crippen molar-refractivity contribution in [3.05, 3.63) is 24.3 Å². The van der Waals surface area contributed by atoms with Crippen molar-refractivity contribution in [1.82, 2.24) is 0 Å². The van der Waals surface area contributed by atoms with E-state index < -0.39 is 9.05 Å². The maximum atomic E-state index is 10.9. The van der Waals surface area contributed by atoms with E-state index in [1.54, 1.807) is 19.1 Å². The van der Waals surface area contributed by atoms with Gasteiger partial charge in [-0.15, -0.1) is 0 Å². The summed E-state index contributed by atoms with van der Waals surface area (Å²) in [5, 5.41) is 0. The van der Waals surface area contributed by atoms with Crippen LogP contribution in [-0.2, 0) is 9.05 Å². The fourth-order valence-corrected chi connectivity index (χ4v) is 2.90. The van der Waals surface area contributed by atoms with Crippen LogP contribution >= 0.6 is 10.7 Å². The van der Waals surface area contributed by atoms with Crippen molar-refractivity contribution in [2.75, 3.05) is 19.0 Å². The van der Waals surface area contributed by atoms with Gasteiger partial charge in [-0.2, -0.15) is 0 Å². The molecule has 0 N–H and O–H groups in total. The fourth-order valence-electron chi connectivity index (χ4n) is 1.48. The van der Waals surface area contributed by atoms with Crippen molar-refractivity contribution in [3.8, 4) is 11.5 Å². The molecule has 0 saturated heterocycles. The Kier molecular flexibility index (Phi) is 6.45. The van der Waals surface area contributed by atoms with Gasteiger partial charge in [-0.25, -0.2) is 8.42 Å². The van der Waals surface area contributed by atoms with Crippen molar-refractivity contribution in [3.63, 3.8) is 0 Å². The Balaban J connectivity index is 2.41. The van der Waals surface area contributed by atoms with E-state index >= 15 is 0 Å². The number of ether oxygens (including phenoxy) is 2. The SMILES string of the molecule is CCCOc1ccc(OCC(C)CS(=O)(=O)Cl)cc1. The van der Waals surface area contributed by atoms with Crippen LogP contribution in [0, 0.1) is 5.92 Å². The lowest BCUT2D eigenvalue weighted by molar-refractivity contribution is 0.271. The normalized spacial score (nSPS) is 13.0. The molecular formula is C13H19ClO4S. The molecule has 0 fully saturated rings. The van der Waals surface area contributed by atoms with Crippen LogP contribution in [0.4, 0.5) is 0 Å².